The molecule has 0 fully saturated rings. The smallest absolute Gasteiger partial charge is 0.338 e. The first kappa shape index (κ1) is 14.4. The van der Waals surface area contributed by atoms with E-state index >= 15 is 0 Å². The van der Waals surface area contributed by atoms with Crippen molar-refractivity contribution >= 4 is 17.6 Å². The lowest BCUT2D eigenvalue weighted by atomic mass is 10.2. The molecule has 0 aliphatic heterocycles. The Labute approximate surface area is 109 Å². The van der Waals surface area contributed by atoms with E-state index in [1.165, 1.54) is 6.07 Å². The molecule has 0 radical (unpaired) electrons. The molecular formula is C12H12FN3O3. The summed E-state index contributed by atoms with van der Waals surface area (Å²) in [6.07, 6.45) is 0.175. The summed E-state index contributed by atoms with van der Waals surface area (Å²) >= 11 is 0. The minimum atomic E-state index is -0.776. The second-order valence-corrected chi connectivity index (χ2v) is 3.57. The van der Waals surface area contributed by atoms with Crippen LogP contribution in [0.2, 0.25) is 0 Å². The molecule has 0 heterocycles. The Balaban J connectivity index is 2.45. The fourth-order valence-electron chi connectivity index (χ4n) is 1.19. The van der Waals surface area contributed by atoms with Gasteiger partial charge in [-0.2, -0.15) is 5.26 Å². The van der Waals surface area contributed by atoms with Gasteiger partial charge in [0, 0.05) is 6.54 Å². The molecule has 6 nitrogen and oxygen atoms in total. The maximum Gasteiger partial charge on any atom is 0.338 e. The van der Waals surface area contributed by atoms with Crippen LogP contribution in [0.4, 0.5) is 10.1 Å². The topological polar surface area (TPSA) is 105 Å². The van der Waals surface area contributed by atoms with Gasteiger partial charge in [0.05, 0.1) is 23.7 Å². The monoisotopic (exact) mass is 265 g/mol. The summed E-state index contributed by atoms with van der Waals surface area (Å²) in [4.78, 5) is 22.7. The van der Waals surface area contributed by atoms with Crippen molar-refractivity contribution in [2.45, 2.75) is 6.42 Å². The molecule has 19 heavy (non-hydrogen) atoms. The third-order valence-electron chi connectivity index (χ3n) is 2.13. The van der Waals surface area contributed by atoms with E-state index in [1.807, 2.05) is 6.07 Å². The van der Waals surface area contributed by atoms with Crippen LogP contribution in [0.15, 0.2) is 18.2 Å². The minimum absolute atomic E-state index is 0.0590. The number of ether oxygens (including phenoxy) is 1. The van der Waals surface area contributed by atoms with Crippen LogP contribution in [0.1, 0.15) is 16.8 Å². The molecule has 0 aliphatic rings. The number of amides is 1. The number of hydrogen-bond donors (Lipinski definition) is 2. The van der Waals surface area contributed by atoms with Crippen LogP contribution in [-0.4, -0.2) is 25.0 Å². The van der Waals surface area contributed by atoms with Crippen molar-refractivity contribution in [1.82, 2.24) is 5.32 Å². The van der Waals surface area contributed by atoms with Gasteiger partial charge in [0.25, 0.3) is 5.91 Å². The Morgan fingerprint density at radius 3 is 2.84 bits per heavy atom. The van der Waals surface area contributed by atoms with Gasteiger partial charge in [-0.25, -0.2) is 9.18 Å². The summed E-state index contributed by atoms with van der Waals surface area (Å²) < 4.78 is 17.6. The van der Waals surface area contributed by atoms with Gasteiger partial charge in [-0.3, -0.25) is 4.79 Å². The van der Waals surface area contributed by atoms with Gasteiger partial charge in [0.2, 0.25) is 0 Å². The highest BCUT2D eigenvalue weighted by molar-refractivity contribution is 5.92. The minimum Gasteiger partial charge on any atom is -0.452 e. The maximum absolute atomic E-state index is 12.9. The molecule has 0 aliphatic carbocycles. The molecule has 0 spiro atoms. The molecule has 100 valence electrons. The van der Waals surface area contributed by atoms with Gasteiger partial charge < -0.3 is 15.8 Å². The number of carbonyl (C=O) groups is 2. The van der Waals surface area contributed by atoms with Gasteiger partial charge in [-0.05, 0) is 18.2 Å². The van der Waals surface area contributed by atoms with Crippen molar-refractivity contribution in [3.05, 3.63) is 29.6 Å². The number of benzene rings is 1. The third-order valence-corrected chi connectivity index (χ3v) is 2.13. The molecule has 1 amide bonds. The van der Waals surface area contributed by atoms with Crippen LogP contribution >= 0.6 is 0 Å². The van der Waals surface area contributed by atoms with Crippen molar-refractivity contribution in [1.29, 1.82) is 5.26 Å². The first-order valence-electron chi connectivity index (χ1n) is 5.40. The highest BCUT2D eigenvalue weighted by Crippen LogP contribution is 2.12. The number of hydrogen-bond acceptors (Lipinski definition) is 5. The summed E-state index contributed by atoms with van der Waals surface area (Å²) in [5.74, 6) is -1.92. The summed E-state index contributed by atoms with van der Waals surface area (Å²) in [6, 6.07) is 5.23. The molecule has 1 aromatic carbocycles. The summed E-state index contributed by atoms with van der Waals surface area (Å²) in [5.41, 5.74) is 5.19. The van der Waals surface area contributed by atoms with Crippen molar-refractivity contribution in [2.75, 3.05) is 18.9 Å². The molecule has 0 saturated heterocycles. The lowest BCUT2D eigenvalue weighted by Gasteiger charge is -2.06. The van der Waals surface area contributed by atoms with Crippen molar-refractivity contribution in [3.8, 4) is 6.07 Å². The van der Waals surface area contributed by atoms with Crippen molar-refractivity contribution in [2.24, 2.45) is 0 Å². The van der Waals surface area contributed by atoms with E-state index in [2.05, 4.69) is 5.32 Å². The standard InChI is InChI=1S/C12H12FN3O3/c13-9-3-2-8(6-10(9)15)12(18)19-7-11(17)16-5-1-4-14/h2-3,6H,1,5,7,15H2,(H,16,17). The van der Waals surface area contributed by atoms with Gasteiger partial charge in [-0.15, -0.1) is 0 Å². The Morgan fingerprint density at radius 1 is 1.47 bits per heavy atom. The number of nitriles is 1. The van der Waals surface area contributed by atoms with Crippen LogP contribution in [0, 0.1) is 17.1 Å². The largest absolute Gasteiger partial charge is 0.452 e. The normalized spacial score (nSPS) is 9.47. The first-order chi connectivity index (χ1) is 9.04. The molecule has 0 atom stereocenters. The van der Waals surface area contributed by atoms with Gasteiger partial charge in [0.1, 0.15) is 5.82 Å². The number of nitrogen functional groups attached to an aromatic ring is 1. The second-order valence-electron chi connectivity index (χ2n) is 3.57. The predicted molar refractivity (Wildman–Crippen MR) is 64.3 cm³/mol. The molecule has 0 saturated carbocycles. The van der Waals surface area contributed by atoms with E-state index in [4.69, 9.17) is 15.7 Å². The fourth-order valence-corrected chi connectivity index (χ4v) is 1.19. The predicted octanol–water partition coefficient (Wildman–Crippen LogP) is 0.595. The molecule has 7 heteroatoms. The Morgan fingerprint density at radius 2 is 2.21 bits per heavy atom. The Kier molecular flexibility index (Phi) is 5.29. The number of rotatable bonds is 5. The highest BCUT2D eigenvalue weighted by atomic mass is 19.1. The van der Waals surface area contributed by atoms with Crippen LogP contribution in [0.3, 0.4) is 0 Å². The molecular weight excluding hydrogens is 253 g/mol. The number of nitrogens with zero attached hydrogens (tertiary/aromatic N) is 1. The maximum atomic E-state index is 12.9. The average Bonchev–Trinajstić information content (AvgIpc) is 2.39. The van der Waals surface area contributed by atoms with Gasteiger partial charge >= 0.3 is 5.97 Å². The first-order valence-corrected chi connectivity index (χ1v) is 5.40. The molecule has 0 bridgehead atoms. The van der Waals surface area contributed by atoms with Crippen LogP contribution < -0.4 is 11.1 Å². The fraction of sp³-hybridized carbons (Fsp3) is 0.250. The van der Waals surface area contributed by atoms with Crippen molar-refractivity contribution < 1.29 is 18.7 Å². The van der Waals surface area contributed by atoms with E-state index in [1.54, 1.807) is 0 Å². The van der Waals surface area contributed by atoms with E-state index in [0.717, 1.165) is 12.1 Å². The lowest BCUT2D eigenvalue weighted by Crippen LogP contribution is -2.29. The zero-order valence-electron chi connectivity index (χ0n) is 9.98. The van der Waals surface area contributed by atoms with Crippen LogP contribution in [0.5, 0.6) is 0 Å². The zero-order chi connectivity index (χ0) is 14.3. The molecule has 0 unspecified atom stereocenters. The Hall–Kier alpha value is -2.62. The average molecular weight is 265 g/mol. The van der Waals surface area contributed by atoms with E-state index in [-0.39, 0.29) is 24.2 Å². The molecule has 0 aromatic heterocycles. The van der Waals surface area contributed by atoms with Gasteiger partial charge in [-0.1, -0.05) is 0 Å². The summed E-state index contributed by atoms with van der Waals surface area (Å²) in [5, 5.41) is 10.7. The van der Waals surface area contributed by atoms with Crippen molar-refractivity contribution in [3.63, 3.8) is 0 Å². The van der Waals surface area contributed by atoms with Gasteiger partial charge in [0.15, 0.2) is 6.61 Å². The number of carbonyl (C=O) groups excluding carboxylic acids is 2. The highest BCUT2D eigenvalue weighted by Gasteiger charge is 2.11. The molecule has 1 rings (SSSR count). The molecule has 1 aromatic rings. The van der Waals surface area contributed by atoms with Crippen LogP contribution in [0.25, 0.3) is 0 Å². The number of nitrogens with one attached hydrogen (secondary N) is 1. The molecule has 3 N–H and O–H groups in total. The van der Waals surface area contributed by atoms with E-state index in [9.17, 15) is 14.0 Å². The number of halogens is 1. The van der Waals surface area contributed by atoms with E-state index in [0.29, 0.717) is 0 Å². The SMILES string of the molecule is N#CCCNC(=O)COC(=O)c1ccc(F)c(N)c1. The number of anilines is 1. The zero-order valence-corrected chi connectivity index (χ0v) is 9.98. The second kappa shape index (κ2) is 6.96. The lowest BCUT2D eigenvalue weighted by molar-refractivity contribution is -0.124. The third kappa shape index (κ3) is 4.63. The van der Waals surface area contributed by atoms with Crippen LogP contribution in [-0.2, 0) is 9.53 Å². The number of nitrogens with two attached hydrogens (primary N) is 1. The summed E-state index contributed by atoms with van der Waals surface area (Å²) in [7, 11) is 0. The Bertz CT molecular complexity index is 525. The quantitative estimate of drug-likeness (QED) is 0.460. The summed E-state index contributed by atoms with van der Waals surface area (Å²) in [6.45, 7) is -0.280. The van der Waals surface area contributed by atoms with E-state index < -0.39 is 24.3 Å². The number of esters is 1.